The van der Waals surface area contributed by atoms with Gasteiger partial charge in [0.25, 0.3) is 11.5 Å². The second kappa shape index (κ2) is 8.81. The first-order valence-electron chi connectivity index (χ1n) is 11.1. The molecule has 1 saturated heterocycles. The Kier molecular flexibility index (Phi) is 6.28. The smallest absolute Gasteiger partial charge is 0.278 e. The van der Waals surface area contributed by atoms with Crippen LogP contribution in [0.1, 0.15) is 36.8 Å². The monoisotopic (exact) mass is 509 g/mol. The van der Waals surface area contributed by atoms with Gasteiger partial charge in [0.2, 0.25) is 0 Å². The maximum absolute atomic E-state index is 14.9. The maximum Gasteiger partial charge on any atom is 0.278 e. The van der Waals surface area contributed by atoms with E-state index in [0.717, 1.165) is 6.07 Å². The SMILES string of the molecule is Cc1nc(N[C@H](C)c2cccc(C(C)(F)F)c2F)c2cc(N3CCS(=O)(=O)CC3)n(C)c(=O)c2n1. The molecule has 12 heteroatoms. The normalized spacial score (nSPS) is 16.9. The number of hydrogen-bond donors (Lipinski definition) is 1. The van der Waals surface area contributed by atoms with Crippen molar-refractivity contribution in [3.05, 3.63) is 57.4 Å². The number of pyridine rings is 1. The van der Waals surface area contributed by atoms with E-state index in [1.54, 1.807) is 31.9 Å². The molecule has 3 aromatic rings. The van der Waals surface area contributed by atoms with Crippen molar-refractivity contribution in [3.63, 3.8) is 0 Å². The van der Waals surface area contributed by atoms with Crippen LogP contribution in [0.3, 0.4) is 0 Å². The summed E-state index contributed by atoms with van der Waals surface area (Å²) in [6, 6.07) is 4.76. The number of fused-ring (bicyclic) bond motifs is 1. The second-order valence-corrected chi connectivity index (χ2v) is 11.2. The Bertz CT molecular complexity index is 1450. The largest absolute Gasteiger partial charge is 0.363 e. The van der Waals surface area contributed by atoms with E-state index in [4.69, 9.17) is 0 Å². The van der Waals surface area contributed by atoms with Gasteiger partial charge in [-0.2, -0.15) is 0 Å². The van der Waals surface area contributed by atoms with Crippen LogP contribution in [0.15, 0.2) is 29.1 Å². The molecule has 188 valence electrons. The van der Waals surface area contributed by atoms with Crippen molar-refractivity contribution >= 4 is 32.4 Å². The van der Waals surface area contributed by atoms with Crippen molar-refractivity contribution in [2.24, 2.45) is 7.05 Å². The second-order valence-electron chi connectivity index (χ2n) is 8.85. The number of halogens is 3. The highest BCUT2D eigenvalue weighted by Crippen LogP contribution is 2.34. The summed E-state index contributed by atoms with van der Waals surface area (Å²) < 4.78 is 67.7. The van der Waals surface area contributed by atoms with Gasteiger partial charge in [-0.25, -0.2) is 31.6 Å². The lowest BCUT2D eigenvalue weighted by atomic mass is 10.0. The minimum Gasteiger partial charge on any atom is -0.363 e. The Balaban J connectivity index is 1.79. The van der Waals surface area contributed by atoms with Gasteiger partial charge in [0, 0.05) is 32.6 Å². The molecule has 0 unspecified atom stereocenters. The molecule has 1 aromatic carbocycles. The van der Waals surface area contributed by atoms with E-state index in [9.17, 15) is 26.4 Å². The third kappa shape index (κ3) is 4.84. The molecule has 1 fully saturated rings. The average Bonchev–Trinajstić information content (AvgIpc) is 2.76. The van der Waals surface area contributed by atoms with E-state index in [2.05, 4.69) is 15.3 Å². The quantitative estimate of drug-likeness (QED) is 0.564. The van der Waals surface area contributed by atoms with Crippen LogP contribution in [-0.2, 0) is 22.8 Å². The first-order valence-corrected chi connectivity index (χ1v) is 12.9. The molecule has 1 aliphatic rings. The summed E-state index contributed by atoms with van der Waals surface area (Å²) in [4.78, 5) is 23.6. The Hall–Kier alpha value is -3.15. The number of nitrogens with one attached hydrogen (secondary N) is 1. The highest BCUT2D eigenvalue weighted by atomic mass is 32.2. The summed E-state index contributed by atoms with van der Waals surface area (Å²) in [5.41, 5.74) is -0.939. The standard InChI is InChI=1S/C23H26F3N5O3S/c1-13(15-6-5-7-17(19(15)24)23(3,25)26)27-21-16-12-18(31-8-10-35(33,34)11-9-31)30(4)22(32)20(16)28-14(2)29-21/h5-7,12-13H,8-11H2,1-4H3,(H,27,28,29)/t13-/m1/s1. The van der Waals surface area contributed by atoms with Crippen LogP contribution >= 0.6 is 0 Å². The van der Waals surface area contributed by atoms with Gasteiger partial charge < -0.3 is 10.2 Å². The molecule has 0 spiro atoms. The van der Waals surface area contributed by atoms with Crippen molar-refractivity contribution in [3.8, 4) is 0 Å². The molecule has 35 heavy (non-hydrogen) atoms. The molecule has 0 radical (unpaired) electrons. The van der Waals surface area contributed by atoms with E-state index in [-0.39, 0.29) is 41.5 Å². The number of sulfone groups is 1. The van der Waals surface area contributed by atoms with Crippen LogP contribution in [0.5, 0.6) is 0 Å². The molecular formula is C23H26F3N5O3S. The highest BCUT2D eigenvalue weighted by Gasteiger charge is 2.30. The van der Waals surface area contributed by atoms with Gasteiger partial charge in [0.15, 0.2) is 9.84 Å². The lowest BCUT2D eigenvalue weighted by Crippen LogP contribution is -2.42. The zero-order chi connectivity index (χ0) is 25.7. The molecule has 0 saturated carbocycles. The maximum atomic E-state index is 14.9. The number of anilines is 2. The van der Waals surface area contributed by atoms with Crippen molar-refractivity contribution in [2.45, 2.75) is 32.7 Å². The molecule has 1 N–H and O–H groups in total. The van der Waals surface area contributed by atoms with Gasteiger partial charge in [0.1, 0.15) is 28.8 Å². The fraction of sp³-hybridized carbons (Fsp3) is 0.435. The van der Waals surface area contributed by atoms with Gasteiger partial charge in [-0.05, 0) is 19.9 Å². The lowest BCUT2D eigenvalue weighted by molar-refractivity contribution is 0.0136. The van der Waals surface area contributed by atoms with E-state index in [1.165, 1.54) is 16.7 Å². The van der Waals surface area contributed by atoms with Crippen molar-refractivity contribution in [1.82, 2.24) is 14.5 Å². The zero-order valence-electron chi connectivity index (χ0n) is 19.8. The summed E-state index contributed by atoms with van der Waals surface area (Å²) >= 11 is 0. The van der Waals surface area contributed by atoms with Crippen molar-refractivity contribution in [2.75, 3.05) is 34.8 Å². The fourth-order valence-electron chi connectivity index (χ4n) is 4.23. The van der Waals surface area contributed by atoms with E-state index >= 15 is 0 Å². The molecule has 0 amide bonds. The van der Waals surface area contributed by atoms with Crippen LogP contribution < -0.4 is 15.8 Å². The molecule has 8 nitrogen and oxygen atoms in total. The first kappa shape index (κ1) is 25.0. The summed E-state index contributed by atoms with van der Waals surface area (Å²) in [6.07, 6.45) is 0. The Labute approximate surface area is 200 Å². The lowest BCUT2D eigenvalue weighted by Gasteiger charge is -2.30. The first-order chi connectivity index (χ1) is 16.3. The average molecular weight is 510 g/mol. The van der Waals surface area contributed by atoms with Crippen molar-refractivity contribution in [1.29, 1.82) is 0 Å². The van der Waals surface area contributed by atoms with Gasteiger partial charge in [-0.1, -0.05) is 18.2 Å². The zero-order valence-corrected chi connectivity index (χ0v) is 20.6. The van der Waals surface area contributed by atoms with Gasteiger partial charge in [-0.3, -0.25) is 9.36 Å². The highest BCUT2D eigenvalue weighted by molar-refractivity contribution is 7.91. The van der Waals surface area contributed by atoms with E-state index < -0.39 is 38.7 Å². The van der Waals surface area contributed by atoms with Gasteiger partial charge in [-0.15, -0.1) is 0 Å². The summed E-state index contributed by atoms with van der Waals surface area (Å²) in [5, 5.41) is 3.42. The topological polar surface area (TPSA) is 97.2 Å². The number of nitrogens with zero attached hydrogens (tertiary/aromatic N) is 4. The van der Waals surface area contributed by atoms with Crippen LogP contribution in [-0.4, -0.2) is 47.5 Å². The number of rotatable bonds is 5. The molecule has 0 bridgehead atoms. The summed E-state index contributed by atoms with van der Waals surface area (Å²) in [6.45, 7) is 4.32. The minimum absolute atomic E-state index is 0.0244. The van der Waals surface area contributed by atoms with Crippen LogP contribution in [0.2, 0.25) is 0 Å². The number of aromatic nitrogens is 3. The number of alkyl halides is 2. The predicted octanol–water partition coefficient (Wildman–Crippen LogP) is 3.30. The Morgan fingerprint density at radius 3 is 2.46 bits per heavy atom. The molecule has 2 aromatic heterocycles. The molecule has 0 aliphatic carbocycles. The number of aryl methyl sites for hydroxylation is 1. The van der Waals surface area contributed by atoms with Gasteiger partial charge >= 0.3 is 0 Å². The third-order valence-corrected chi connectivity index (χ3v) is 7.78. The molecule has 4 rings (SSSR count). The van der Waals surface area contributed by atoms with Crippen LogP contribution in [0.25, 0.3) is 10.9 Å². The Morgan fingerprint density at radius 1 is 1.17 bits per heavy atom. The van der Waals surface area contributed by atoms with Crippen LogP contribution in [0.4, 0.5) is 24.8 Å². The Morgan fingerprint density at radius 2 is 1.83 bits per heavy atom. The molecule has 3 heterocycles. The van der Waals surface area contributed by atoms with Crippen LogP contribution in [0, 0.1) is 12.7 Å². The number of benzene rings is 1. The molecular weight excluding hydrogens is 483 g/mol. The van der Waals surface area contributed by atoms with Crippen molar-refractivity contribution < 1.29 is 21.6 Å². The third-order valence-electron chi connectivity index (χ3n) is 6.17. The van der Waals surface area contributed by atoms with E-state index in [1.807, 2.05) is 0 Å². The molecule has 1 aliphatic heterocycles. The summed E-state index contributed by atoms with van der Waals surface area (Å²) in [5.74, 6) is -3.36. The molecule has 1 atom stereocenters. The minimum atomic E-state index is -3.35. The van der Waals surface area contributed by atoms with Gasteiger partial charge in [0.05, 0.1) is 28.5 Å². The predicted molar refractivity (Wildman–Crippen MR) is 128 cm³/mol. The summed E-state index contributed by atoms with van der Waals surface area (Å²) in [7, 11) is -1.54. The van der Waals surface area contributed by atoms with E-state index in [0.29, 0.717) is 24.0 Å². The fourth-order valence-corrected chi connectivity index (χ4v) is 5.43. The number of hydrogen-bond acceptors (Lipinski definition) is 7.